The quantitative estimate of drug-likeness (QED) is 0.827. The van der Waals surface area contributed by atoms with Gasteiger partial charge in [0.15, 0.2) is 0 Å². The maximum Gasteiger partial charge on any atom is 0.228 e. The Morgan fingerprint density at radius 2 is 2.15 bits per heavy atom. The number of nitrogens with zero attached hydrogens (tertiary/aromatic N) is 4. The zero-order valence-corrected chi connectivity index (χ0v) is 15.9. The SMILES string of the molecule is C=C1N=CC=C(N2CCC(C(=O)Nc3cccc(C)n3)CC2)/C1=N/SC. The fourth-order valence-corrected chi connectivity index (χ4v) is 3.54. The maximum atomic E-state index is 12.5. The predicted octanol–water partition coefficient (Wildman–Crippen LogP) is 3.24. The molecule has 6 nitrogen and oxygen atoms in total. The van der Waals surface area contributed by atoms with Crippen LogP contribution < -0.4 is 5.32 Å². The first-order valence-electron chi connectivity index (χ1n) is 8.63. The van der Waals surface area contributed by atoms with Crippen molar-refractivity contribution in [1.82, 2.24) is 9.88 Å². The van der Waals surface area contributed by atoms with Crippen molar-refractivity contribution < 1.29 is 4.79 Å². The summed E-state index contributed by atoms with van der Waals surface area (Å²) in [6.07, 6.45) is 7.25. The molecular formula is C19H23N5OS. The first-order chi connectivity index (χ1) is 12.6. The second kappa shape index (κ2) is 8.31. The van der Waals surface area contributed by atoms with Gasteiger partial charge in [-0.3, -0.25) is 9.79 Å². The molecule has 0 spiro atoms. The molecule has 26 heavy (non-hydrogen) atoms. The summed E-state index contributed by atoms with van der Waals surface area (Å²) in [7, 11) is 0. The topological polar surface area (TPSA) is 70.0 Å². The third kappa shape index (κ3) is 4.22. The van der Waals surface area contributed by atoms with Crippen molar-refractivity contribution in [2.24, 2.45) is 15.3 Å². The predicted molar refractivity (Wildman–Crippen MR) is 109 cm³/mol. The summed E-state index contributed by atoms with van der Waals surface area (Å²) in [5, 5.41) is 2.94. The third-order valence-electron chi connectivity index (χ3n) is 4.51. The van der Waals surface area contributed by atoms with Gasteiger partial charge in [0.1, 0.15) is 11.5 Å². The molecule has 0 aliphatic carbocycles. The highest BCUT2D eigenvalue weighted by Gasteiger charge is 2.28. The molecule has 7 heteroatoms. The Morgan fingerprint density at radius 1 is 1.38 bits per heavy atom. The summed E-state index contributed by atoms with van der Waals surface area (Å²) in [5.41, 5.74) is 3.44. The van der Waals surface area contributed by atoms with Crippen LogP contribution in [0.2, 0.25) is 0 Å². The van der Waals surface area contributed by atoms with E-state index in [2.05, 4.69) is 31.2 Å². The molecule has 0 atom stereocenters. The molecule has 0 bridgehead atoms. The highest BCUT2D eigenvalue weighted by atomic mass is 32.2. The van der Waals surface area contributed by atoms with Gasteiger partial charge in [-0.05, 0) is 49.9 Å². The zero-order valence-electron chi connectivity index (χ0n) is 15.1. The van der Waals surface area contributed by atoms with Gasteiger partial charge < -0.3 is 10.2 Å². The molecule has 136 valence electrons. The minimum Gasteiger partial charge on any atom is -0.370 e. The monoisotopic (exact) mass is 369 g/mol. The largest absolute Gasteiger partial charge is 0.370 e. The van der Waals surface area contributed by atoms with Crippen molar-refractivity contribution in [3.63, 3.8) is 0 Å². The normalized spacial score (nSPS) is 19.6. The molecule has 2 aliphatic heterocycles. The van der Waals surface area contributed by atoms with E-state index in [0.717, 1.165) is 43.0 Å². The Balaban J connectivity index is 1.61. The van der Waals surface area contributed by atoms with Crippen molar-refractivity contribution in [3.8, 4) is 0 Å². The van der Waals surface area contributed by atoms with Crippen molar-refractivity contribution in [2.75, 3.05) is 24.7 Å². The van der Waals surface area contributed by atoms with E-state index in [1.165, 1.54) is 11.9 Å². The lowest BCUT2D eigenvalue weighted by atomic mass is 9.94. The summed E-state index contributed by atoms with van der Waals surface area (Å²) in [5.74, 6) is 0.661. The van der Waals surface area contributed by atoms with Crippen LogP contribution in [0.4, 0.5) is 5.82 Å². The molecule has 0 unspecified atom stereocenters. The lowest BCUT2D eigenvalue weighted by Gasteiger charge is -2.35. The van der Waals surface area contributed by atoms with Gasteiger partial charge in [-0.1, -0.05) is 12.6 Å². The standard InChI is InChI=1S/C19H23N5OS/c1-13-5-4-6-17(21-13)22-19(25)15-8-11-24(12-9-15)16-7-10-20-14(2)18(16)23-26-3/h4-7,10,15H,2,8-9,11-12H2,1,3H3,(H,21,22,25)/b23-18+. The summed E-state index contributed by atoms with van der Waals surface area (Å²) in [6.45, 7) is 7.50. The van der Waals surface area contributed by atoms with E-state index in [1.807, 2.05) is 37.5 Å². The van der Waals surface area contributed by atoms with Gasteiger partial charge in [0.25, 0.3) is 0 Å². The van der Waals surface area contributed by atoms with E-state index in [9.17, 15) is 4.79 Å². The number of pyridine rings is 1. The number of rotatable bonds is 4. The van der Waals surface area contributed by atoms with E-state index in [4.69, 9.17) is 0 Å². The number of piperidine rings is 1. The Bertz CT molecular complexity index is 791. The Hall–Kier alpha value is -2.41. The van der Waals surface area contributed by atoms with Gasteiger partial charge >= 0.3 is 0 Å². The first-order valence-corrected chi connectivity index (χ1v) is 9.81. The summed E-state index contributed by atoms with van der Waals surface area (Å²) >= 11 is 1.40. The number of dihydropyridines is 1. The van der Waals surface area contributed by atoms with Crippen LogP contribution in [-0.2, 0) is 4.79 Å². The molecule has 0 aromatic carbocycles. The minimum absolute atomic E-state index is 0.00411. The Morgan fingerprint density at radius 3 is 2.85 bits per heavy atom. The minimum atomic E-state index is -0.00411. The molecular weight excluding hydrogens is 346 g/mol. The molecule has 3 heterocycles. The van der Waals surface area contributed by atoms with Crippen molar-refractivity contribution in [1.29, 1.82) is 0 Å². The highest BCUT2D eigenvalue weighted by molar-refractivity contribution is 7.97. The van der Waals surface area contributed by atoms with Crippen molar-refractivity contribution >= 4 is 35.6 Å². The molecule has 0 radical (unpaired) electrons. The van der Waals surface area contributed by atoms with Gasteiger partial charge in [-0.2, -0.15) is 0 Å². The van der Waals surface area contributed by atoms with Crippen LogP contribution in [0, 0.1) is 12.8 Å². The number of likely N-dealkylation sites (tertiary alicyclic amines) is 1. The number of anilines is 1. The number of allylic oxidation sites excluding steroid dienone is 1. The molecule has 3 rings (SSSR count). The molecule has 1 fully saturated rings. The second-order valence-corrected chi connectivity index (χ2v) is 6.86. The van der Waals surface area contributed by atoms with Crippen molar-refractivity contribution in [3.05, 3.63) is 47.9 Å². The lowest BCUT2D eigenvalue weighted by Crippen LogP contribution is -2.40. The number of hydrogen-bond donors (Lipinski definition) is 1. The number of hydrogen-bond acceptors (Lipinski definition) is 6. The number of carbonyl (C=O) groups excluding carboxylic acids is 1. The van der Waals surface area contributed by atoms with Gasteiger partial charge in [-0.25, -0.2) is 9.38 Å². The van der Waals surface area contributed by atoms with Crippen LogP contribution in [0.3, 0.4) is 0 Å². The summed E-state index contributed by atoms with van der Waals surface area (Å²) in [4.78, 5) is 23.4. The average molecular weight is 369 g/mol. The van der Waals surface area contributed by atoms with Gasteiger partial charge in [0.05, 0.1) is 11.4 Å². The van der Waals surface area contributed by atoms with Crippen LogP contribution in [0.1, 0.15) is 18.5 Å². The smallest absolute Gasteiger partial charge is 0.228 e. The van der Waals surface area contributed by atoms with E-state index < -0.39 is 0 Å². The van der Waals surface area contributed by atoms with Crippen LogP contribution >= 0.6 is 11.9 Å². The number of aromatic nitrogens is 1. The molecule has 1 aromatic heterocycles. The third-order valence-corrected chi connectivity index (χ3v) is 4.87. The molecule has 2 aliphatic rings. The number of nitrogens with one attached hydrogen (secondary N) is 1. The average Bonchev–Trinajstić information content (AvgIpc) is 2.64. The van der Waals surface area contributed by atoms with Gasteiger partial charge in [-0.15, -0.1) is 0 Å². The fourth-order valence-electron chi connectivity index (χ4n) is 3.16. The van der Waals surface area contributed by atoms with Gasteiger partial charge in [0.2, 0.25) is 5.91 Å². The number of carbonyl (C=O) groups is 1. The van der Waals surface area contributed by atoms with Gasteiger partial charge in [0, 0.05) is 37.2 Å². The second-order valence-electron chi connectivity index (χ2n) is 6.31. The van der Waals surface area contributed by atoms with Crippen LogP contribution in [-0.4, -0.2) is 47.1 Å². The summed E-state index contributed by atoms with van der Waals surface area (Å²) < 4.78 is 4.46. The van der Waals surface area contributed by atoms with Crippen molar-refractivity contribution in [2.45, 2.75) is 19.8 Å². The van der Waals surface area contributed by atoms with Crippen LogP contribution in [0.25, 0.3) is 0 Å². The molecule has 1 aromatic rings. The molecule has 1 saturated heterocycles. The first kappa shape index (κ1) is 18.4. The van der Waals surface area contributed by atoms with Crippen LogP contribution in [0.5, 0.6) is 0 Å². The molecule has 1 N–H and O–H groups in total. The zero-order chi connectivity index (χ0) is 18.5. The van der Waals surface area contributed by atoms with E-state index in [1.54, 1.807) is 6.21 Å². The van der Waals surface area contributed by atoms with Crippen LogP contribution in [0.15, 0.2) is 51.6 Å². The maximum absolute atomic E-state index is 12.5. The Kier molecular flexibility index (Phi) is 5.88. The summed E-state index contributed by atoms with van der Waals surface area (Å²) in [6, 6.07) is 5.64. The number of aliphatic imine (C=N–C) groups is 1. The molecule has 1 amide bonds. The van der Waals surface area contributed by atoms with E-state index in [0.29, 0.717) is 11.5 Å². The lowest BCUT2D eigenvalue weighted by molar-refractivity contribution is -0.121. The van der Waals surface area contributed by atoms with E-state index in [-0.39, 0.29) is 11.8 Å². The fraction of sp³-hybridized carbons (Fsp3) is 0.368. The Labute approximate surface area is 158 Å². The highest BCUT2D eigenvalue weighted by Crippen LogP contribution is 2.26. The van der Waals surface area contributed by atoms with E-state index >= 15 is 0 Å². The molecule has 0 saturated carbocycles. The number of aryl methyl sites for hydroxylation is 1. The number of amides is 1.